The molecule has 3 aromatic rings. The molecule has 4 heterocycles. The second kappa shape index (κ2) is 16.1. The zero-order chi connectivity index (χ0) is 38.0. The summed E-state index contributed by atoms with van der Waals surface area (Å²) in [5, 5.41) is 5.52. The second-order valence-electron chi connectivity index (χ2n) is 14.7. The highest BCUT2D eigenvalue weighted by molar-refractivity contribution is 6.32. The van der Waals surface area contributed by atoms with Crippen LogP contribution in [0.25, 0.3) is 11.1 Å². The average molecular weight is 760 g/mol. The van der Waals surface area contributed by atoms with Gasteiger partial charge < -0.3 is 19.5 Å². The number of anilines is 2. The summed E-state index contributed by atoms with van der Waals surface area (Å²) in [6, 6.07) is 7.36. The molecule has 53 heavy (non-hydrogen) atoms. The number of piperidine rings is 3. The van der Waals surface area contributed by atoms with Crippen molar-refractivity contribution in [3.63, 3.8) is 0 Å². The number of aromatic nitrogens is 1. The van der Waals surface area contributed by atoms with Crippen LogP contribution < -0.4 is 25.8 Å². The van der Waals surface area contributed by atoms with Gasteiger partial charge in [-0.1, -0.05) is 24.4 Å². The maximum absolute atomic E-state index is 15.1. The average Bonchev–Trinajstić information content (AvgIpc) is 3.11. The Kier molecular flexibility index (Phi) is 11.7. The number of pyridine rings is 1. The van der Waals surface area contributed by atoms with E-state index in [1.54, 1.807) is 45.3 Å². The Labute approximate surface area is 311 Å². The molecule has 2 aromatic carbocycles. The molecule has 0 radical (unpaired) electrons. The van der Waals surface area contributed by atoms with Crippen LogP contribution in [0.2, 0.25) is 5.02 Å². The van der Waals surface area contributed by atoms with E-state index in [4.69, 9.17) is 11.6 Å². The summed E-state index contributed by atoms with van der Waals surface area (Å²) in [4.78, 5) is 40.1. The summed E-state index contributed by atoms with van der Waals surface area (Å²) in [7, 11) is 1.60. The van der Waals surface area contributed by atoms with Gasteiger partial charge in [0.1, 0.15) is 17.6 Å². The molecule has 0 bridgehead atoms. The van der Waals surface area contributed by atoms with Gasteiger partial charge in [0.15, 0.2) is 0 Å². The molecule has 3 aliphatic heterocycles. The Bertz CT molecular complexity index is 1900. The third-order valence-corrected chi connectivity index (χ3v) is 11.5. The number of carbonyl (C=O) groups is 2. The number of rotatable bonds is 10. The molecule has 3 aliphatic rings. The van der Waals surface area contributed by atoms with Crippen molar-refractivity contribution in [1.29, 1.82) is 0 Å². The number of nitrogens with one attached hydrogen (secondary N) is 2. The van der Waals surface area contributed by atoms with Crippen molar-refractivity contribution in [2.24, 2.45) is 18.9 Å². The molecule has 6 rings (SSSR count). The first-order chi connectivity index (χ1) is 25.1. The van der Waals surface area contributed by atoms with Crippen molar-refractivity contribution in [3.8, 4) is 16.9 Å². The summed E-state index contributed by atoms with van der Waals surface area (Å²) >= 11 is 6.68. The second-order valence-corrected chi connectivity index (χ2v) is 15.1. The SMILES string of the molecule is Cc1c(-c2cc(Cl)c(CN3CCC(CCC4CCN(c5ccc(NC6CCC(=O)NC6=O)cc5F)CC4)CC3)c(OC(F)(F)F)c2)cn(C)c(=O)c1C. The van der Waals surface area contributed by atoms with Crippen molar-refractivity contribution in [1.82, 2.24) is 14.8 Å². The van der Waals surface area contributed by atoms with E-state index in [0.717, 1.165) is 64.7 Å². The first-order valence-electron chi connectivity index (χ1n) is 18.3. The van der Waals surface area contributed by atoms with Crippen LogP contribution in [0.4, 0.5) is 28.9 Å². The van der Waals surface area contributed by atoms with Crippen molar-refractivity contribution in [3.05, 3.63) is 74.4 Å². The quantitative estimate of drug-likeness (QED) is 0.164. The van der Waals surface area contributed by atoms with E-state index in [1.807, 2.05) is 0 Å². The molecule has 2 amide bonds. The summed E-state index contributed by atoms with van der Waals surface area (Å²) in [5.41, 5.74) is 3.39. The van der Waals surface area contributed by atoms with Gasteiger partial charge in [-0.2, -0.15) is 0 Å². The summed E-state index contributed by atoms with van der Waals surface area (Å²) in [6.07, 6.45) is 3.27. The number of halogens is 5. The Balaban J connectivity index is 0.992. The van der Waals surface area contributed by atoms with E-state index in [9.17, 15) is 27.6 Å². The fourth-order valence-corrected chi connectivity index (χ4v) is 8.15. The van der Waals surface area contributed by atoms with Gasteiger partial charge in [-0.25, -0.2) is 4.39 Å². The Morgan fingerprint density at radius 3 is 2.21 bits per heavy atom. The number of ether oxygens (including phenoxy) is 1. The minimum absolute atomic E-state index is 0.173. The molecular formula is C39H46ClF4N5O4. The van der Waals surface area contributed by atoms with E-state index in [1.165, 1.54) is 16.7 Å². The highest BCUT2D eigenvalue weighted by atomic mass is 35.5. The number of benzene rings is 2. The lowest BCUT2D eigenvalue weighted by Crippen LogP contribution is -2.47. The molecule has 3 fully saturated rings. The zero-order valence-corrected chi connectivity index (χ0v) is 31.0. The van der Waals surface area contributed by atoms with E-state index in [-0.39, 0.29) is 46.6 Å². The number of alkyl halides is 3. The number of carbonyl (C=O) groups excluding carboxylic acids is 2. The topological polar surface area (TPSA) is 95.9 Å². The van der Waals surface area contributed by atoms with Gasteiger partial charge in [-0.05, 0) is 112 Å². The van der Waals surface area contributed by atoms with E-state index >= 15 is 4.39 Å². The first-order valence-corrected chi connectivity index (χ1v) is 18.7. The monoisotopic (exact) mass is 759 g/mol. The standard InChI is InChI=1S/C39H46ClF4N5O4/c1-23-24(2)38(52)47(3)21-29(23)27-18-31(40)30(35(19-27)53-39(42,43)44)22-48-14-10-25(11-15-48)4-5-26-12-16-49(17-13-26)34-8-6-28(20-32(34)41)45-33-7-9-36(50)46-37(33)51/h6,8,18-21,25-26,33,45H,4-5,7,9-17,22H2,1-3H3,(H,46,50,51). The number of aryl methyl sites for hydroxylation is 1. The number of amides is 2. The van der Waals surface area contributed by atoms with E-state index < -0.39 is 18.3 Å². The van der Waals surface area contributed by atoms with Crippen LogP contribution in [0.1, 0.15) is 68.1 Å². The van der Waals surface area contributed by atoms with Gasteiger partial charge >= 0.3 is 6.36 Å². The van der Waals surface area contributed by atoms with Crippen molar-refractivity contribution in [2.75, 3.05) is 36.4 Å². The zero-order valence-electron chi connectivity index (χ0n) is 30.3. The van der Waals surface area contributed by atoms with Crippen LogP contribution in [0.15, 0.2) is 41.3 Å². The lowest BCUT2D eigenvalue weighted by atomic mass is 9.85. The van der Waals surface area contributed by atoms with Crippen LogP contribution in [0.3, 0.4) is 0 Å². The van der Waals surface area contributed by atoms with Crippen molar-refractivity contribution in [2.45, 2.75) is 84.2 Å². The molecule has 9 nitrogen and oxygen atoms in total. The van der Waals surface area contributed by atoms with E-state index in [0.29, 0.717) is 51.9 Å². The van der Waals surface area contributed by atoms with Crippen LogP contribution in [0.5, 0.6) is 5.75 Å². The van der Waals surface area contributed by atoms with Crippen molar-refractivity contribution >= 4 is 34.8 Å². The number of imide groups is 1. The normalized spacial score (nSPS) is 19.4. The van der Waals surface area contributed by atoms with Crippen LogP contribution in [-0.4, -0.2) is 59.9 Å². The largest absolute Gasteiger partial charge is 0.573 e. The first kappa shape index (κ1) is 38.6. The molecule has 1 aromatic heterocycles. The summed E-state index contributed by atoms with van der Waals surface area (Å²) < 4.78 is 61.8. The van der Waals surface area contributed by atoms with Gasteiger partial charge in [-0.3, -0.25) is 24.6 Å². The third-order valence-electron chi connectivity index (χ3n) is 11.2. The fraction of sp³-hybridized carbons (Fsp3) is 0.513. The fourth-order valence-electron chi connectivity index (χ4n) is 7.88. The van der Waals surface area contributed by atoms with Gasteiger partial charge in [-0.15, -0.1) is 13.2 Å². The van der Waals surface area contributed by atoms with E-state index in [2.05, 4.69) is 25.2 Å². The Morgan fingerprint density at radius 1 is 0.925 bits per heavy atom. The molecule has 2 N–H and O–H groups in total. The number of nitrogens with zero attached hydrogens (tertiary/aromatic N) is 3. The Hall–Kier alpha value is -4.10. The molecule has 0 saturated carbocycles. The molecule has 1 atom stereocenters. The minimum Gasteiger partial charge on any atom is -0.405 e. The maximum atomic E-state index is 15.1. The molecule has 14 heteroatoms. The van der Waals surface area contributed by atoms with Gasteiger partial charge in [0, 0.05) is 66.7 Å². The molecule has 0 spiro atoms. The predicted molar refractivity (Wildman–Crippen MR) is 197 cm³/mol. The number of likely N-dealkylation sites (tertiary alicyclic amines) is 1. The predicted octanol–water partition coefficient (Wildman–Crippen LogP) is 7.49. The summed E-state index contributed by atoms with van der Waals surface area (Å²) in [6.45, 7) is 6.66. The highest BCUT2D eigenvalue weighted by Gasteiger charge is 2.34. The molecular weight excluding hydrogens is 714 g/mol. The smallest absolute Gasteiger partial charge is 0.405 e. The molecule has 1 unspecified atom stereocenters. The van der Waals surface area contributed by atoms with Gasteiger partial charge in [0.2, 0.25) is 11.8 Å². The third kappa shape index (κ3) is 9.35. The highest BCUT2D eigenvalue weighted by Crippen LogP contribution is 2.39. The number of hydrogen-bond donors (Lipinski definition) is 2. The van der Waals surface area contributed by atoms with Crippen LogP contribution >= 0.6 is 11.6 Å². The lowest BCUT2D eigenvalue weighted by molar-refractivity contribution is -0.275. The minimum atomic E-state index is -4.90. The Morgan fingerprint density at radius 2 is 1.58 bits per heavy atom. The summed E-state index contributed by atoms with van der Waals surface area (Å²) in [5.74, 6) is -0.320. The van der Waals surface area contributed by atoms with Crippen molar-refractivity contribution < 1.29 is 31.9 Å². The maximum Gasteiger partial charge on any atom is 0.573 e. The van der Waals surface area contributed by atoms with Crippen LogP contribution in [-0.2, 0) is 23.2 Å². The molecule has 3 saturated heterocycles. The lowest BCUT2D eigenvalue weighted by Gasteiger charge is -2.36. The van der Waals surface area contributed by atoms with Gasteiger partial charge in [0.25, 0.3) is 5.56 Å². The number of hydrogen-bond acceptors (Lipinski definition) is 7. The van der Waals surface area contributed by atoms with Gasteiger partial charge in [0.05, 0.1) is 5.69 Å². The molecule has 286 valence electrons. The van der Waals surface area contributed by atoms with Crippen LogP contribution in [0, 0.1) is 31.5 Å². The molecule has 0 aliphatic carbocycles.